The lowest BCUT2D eigenvalue weighted by Crippen LogP contribution is -2.48. The molecule has 2 fully saturated rings. The molecule has 0 spiro atoms. The van der Waals surface area contributed by atoms with Crippen molar-refractivity contribution in [3.05, 3.63) is 18.8 Å². The molecular weight excluding hydrogens is 313 g/mol. The number of rotatable bonds is 2. The highest BCUT2D eigenvalue weighted by Gasteiger charge is 2.52. The molecule has 1 atom stereocenters. The first-order chi connectivity index (χ1) is 11.5. The van der Waals surface area contributed by atoms with Crippen LogP contribution in [-0.4, -0.2) is 40.9 Å². The molecule has 137 valence electrons. The van der Waals surface area contributed by atoms with Gasteiger partial charge in [0.05, 0.1) is 11.2 Å². The van der Waals surface area contributed by atoms with Crippen LogP contribution >= 0.6 is 0 Å². The maximum atomic E-state index is 6.09. The second kappa shape index (κ2) is 6.24. The fourth-order valence-electron chi connectivity index (χ4n) is 3.43. The van der Waals surface area contributed by atoms with Gasteiger partial charge in [0.1, 0.15) is 0 Å². The van der Waals surface area contributed by atoms with Crippen LogP contribution in [0.5, 0.6) is 0 Å². The van der Waals surface area contributed by atoms with E-state index >= 15 is 0 Å². The zero-order valence-electron chi connectivity index (χ0n) is 16.7. The Kier molecular flexibility index (Phi) is 4.65. The molecule has 0 N–H and O–H groups in total. The minimum atomic E-state index is -0.410. The Morgan fingerprint density at radius 2 is 1.64 bits per heavy atom. The van der Waals surface area contributed by atoms with Crippen molar-refractivity contribution < 1.29 is 9.31 Å². The molecule has 3 rings (SSSR count). The fourth-order valence-corrected chi connectivity index (χ4v) is 3.43. The van der Waals surface area contributed by atoms with Crippen molar-refractivity contribution in [1.29, 1.82) is 0 Å². The number of anilines is 1. The third kappa shape index (κ3) is 3.56. The van der Waals surface area contributed by atoms with Crippen molar-refractivity contribution in [2.45, 2.75) is 78.6 Å². The van der Waals surface area contributed by atoms with E-state index in [1.54, 1.807) is 0 Å². The average molecular weight is 344 g/mol. The minimum absolute atomic E-state index is 0.185. The van der Waals surface area contributed by atoms with Gasteiger partial charge in [-0.15, -0.1) is 0 Å². The summed E-state index contributed by atoms with van der Waals surface area (Å²) in [7, 11) is -0.410. The fraction of sp³-hybridized carbons (Fsp3) is 0.737. The molecule has 25 heavy (non-hydrogen) atoms. The van der Waals surface area contributed by atoms with Crippen LogP contribution in [0.3, 0.4) is 0 Å². The van der Waals surface area contributed by atoms with Gasteiger partial charge in [-0.1, -0.05) is 20.8 Å². The molecule has 0 aliphatic carbocycles. The average Bonchev–Trinajstić information content (AvgIpc) is 2.75. The zero-order valence-corrected chi connectivity index (χ0v) is 16.7. The van der Waals surface area contributed by atoms with Crippen LogP contribution in [0.4, 0.5) is 5.95 Å². The second-order valence-electron chi connectivity index (χ2n) is 9.29. The van der Waals surface area contributed by atoms with Crippen molar-refractivity contribution in [1.82, 2.24) is 9.97 Å². The van der Waals surface area contributed by atoms with Crippen LogP contribution in [0.1, 0.15) is 61.3 Å². The van der Waals surface area contributed by atoms with Gasteiger partial charge in [-0.25, -0.2) is 9.97 Å². The number of nitrogens with zero attached hydrogens (tertiary/aromatic N) is 3. The highest BCUT2D eigenvalue weighted by Crippen LogP contribution is 2.36. The van der Waals surface area contributed by atoms with Gasteiger partial charge in [0.2, 0.25) is 5.95 Å². The van der Waals surface area contributed by atoms with Gasteiger partial charge in [0, 0.05) is 30.4 Å². The van der Waals surface area contributed by atoms with E-state index in [4.69, 9.17) is 9.31 Å². The number of piperidine rings is 1. The van der Waals surface area contributed by atoms with Crippen LogP contribution in [0.25, 0.3) is 0 Å². The lowest BCUT2D eigenvalue weighted by Gasteiger charge is -2.43. The summed E-state index contributed by atoms with van der Waals surface area (Å²) in [4.78, 5) is 11.6. The molecule has 2 aliphatic heterocycles. The summed E-state index contributed by atoms with van der Waals surface area (Å²) in [5.41, 5.74) is 0.357. The summed E-state index contributed by atoms with van der Waals surface area (Å²) in [6.07, 6.45) is 8.23. The van der Waals surface area contributed by atoms with Crippen LogP contribution in [0.15, 0.2) is 12.4 Å². The first-order valence-corrected chi connectivity index (χ1v) is 9.27. The summed E-state index contributed by atoms with van der Waals surface area (Å²) in [5, 5.41) is 0. The topological polar surface area (TPSA) is 47.5 Å². The van der Waals surface area contributed by atoms with Gasteiger partial charge in [-0.3, -0.25) is 0 Å². The van der Waals surface area contributed by atoms with E-state index in [0.717, 1.165) is 30.8 Å². The van der Waals surface area contributed by atoms with E-state index in [1.165, 1.54) is 0 Å². The molecule has 1 aromatic rings. The van der Waals surface area contributed by atoms with Crippen molar-refractivity contribution in [2.75, 3.05) is 11.4 Å². The van der Waals surface area contributed by atoms with E-state index in [9.17, 15) is 0 Å². The van der Waals surface area contributed by atoms with E-state index in [-0.39, 0.29) is 16.6 Å². The minimum Gasteiger partial charge on any atom is -0.399 e. The lowest BCUT2D eigenvalue weighted by atomic mass is 9.80. The SMILES string of the molecule is CC(C)(C)C1C[CH]CCN1c1ncc(B2OC(C)(C)C(C)(C)O2)cn1. The maximum Gasteiger partial charge on any atom is 0.498 e. The van der Waals surface area contributed by atoms with Gasteiger partial charge >= 0.3 is 7.12 Å². The van der Waals surface area contributed by atoms with Crippen molar-refractivity contribution in [3.8, 4) is 0 Å². The largest absolute Gasteiger partial charge is 0.498 e. The van der Waals surface area contributed by atoms with Crippen molar-refractivity contribution in [2.24, 2.45) is 5.41 Å². The maximum absolute atomic E-state index is 6.09. The summed E-state index contributed by atoms with van der Waals surface area (Å²) in [6.45, 7) is 16.0. The Morgan fingerprint density at radius 1 is 1.08 bits per heavy atom. The van der Waals surface area contributed by atoms with Gasteiger partial charge in [0.15, 0.2) is 0 Å². The normalized spacial score (nSPS) is 26.1. The van der Waals surface area contributed by atoms with E-state index in [2.05, 4.69) is 69.8 Å². The molecule has 3 heterocycles. The molecule has 5 nitrogen and oxygen atoms in total. The van der Waals surface area contributed by atoms with E-state index in [1.807, 2.05) is 12.4 Å². The number of aromatic nitrogens is 2. The van der Waals surface area contributed by atoms with Gasteiger partial charge < -0.3 is 14.2 Å². The molecule has 0 bridgehead atoms. The first kappa shape index (κ1) is 18.6. The third-order valence-electron chi connectivity index (χ3n) is 5.78. The van der Waals surface area contributed by atoms with Crippen molar-refractivity contribution >= 4 is 18.5 Å². The predicted molar refractivity (Wildman–Crippen MR) is 102 cm³/mol. The summed E-state index contributed by atoms with van der Waals surface area (Å²) in [6, 6.07) is 0.420. The summed E-state index contributed by atoms with van der Waals surface area (Å²) >= 11 is 0. The molecule has 0 aromatic carbocycles. The highest BCUT2D eigenvalue weighted by atomic mass is 16.7. The molecule has 6 heteroatoms. The smallest absolute Gasteiger partial charge is 0.399 e. The first-order valence-electron chi connectivity index (χ1n) is 9.27. The Balaban J connectivity index is 1.79. The van der Waals surface area contributed by atoms with E-state index in [0.29, 0.717) is 6.04 Å². The summed E-state index contributed by atoms with van der Waals surface area (Å²) < 4.78 is 12.2. The monoisotopic (exact) mass is 344 g/mol. The molecule has 1 radical (unpaired) electrons. The zero-order chi connectivity index (χ0) is 18.5. The molecule has 2 saturated heterocycles. The molecule has 0 amide bonds. The van der Waals surface area contributed by atoms with Crippen LogP contribution in [0, 0.1) is 11.8 Å². The Labute approximate surface area is 152 Å². The molecule has 0 saturated carbocycles. The standard InChI is InChI=1S/C19H31BN3O2/c1-17(2,3)15-10-8-9-11-23(15)16-21-12-14(13-22-16)20-24-18(4,5)19(6,7)25-20/h8,12-13,15H,9-11H2,1-7H3. The molecule has 1 unspecified atom stereocenters. The predicted octanol–water partition coefficient (Wildman–Crippen LogP) is 2.99. The number of hydrogen-bond donors (Lipinski definition) is 0. The Bertz CT molecular complexity index is 594. The highest BCUT2D eigenvalue weighted by molar-refractivity contribution is 6.61. The molecule has 2 aliphatic rings. The van der Waals surface area contributed by atoms with Crippen LogP contribution in [-0.2, 0) is 9.31 Å². The van der Waals surface area contributed by atoms with E-state index < -0.39 is 7.12 Å². The van der Waals surface area contributed by atoms with Gasteiger partial charge in [0.25, 0.3) is 0 Å². The summed E-state index contributed by atoms with van der Waals surface area (Å²) in [5.74, 6) is 0.799. The molecular formula is C19H31BN3O2. The van der Waals surface area contributed by atoms with Crippen molar-refractivity contribution in [3.63, 3.8) is 0 Å². The van der Waals surface area contributed by atoms with Crippen LogP contribution < -0.4 is 10.4 Å². The second-order valence-corrected chi connectivity index (χ2v) is 9.29. The Hall–Kier alpha value is -1.14. The van der Waals surface area contributed by atoms with Gasteiger partial charge in [-0.05, 0) is 52.4 Å². The van der Waals surface area contributed by atoms with Crippen LogP contribution in [0.2, 0.25) is 0 Å². The number of hydrogen-bond acceptors (Lipinski definition) is 5. The Morgan fingerprint density at radius 3 is 2.16 bits per heavy atom. The quantitative estimate of drug-likeness (QED) is 0.772. The van der Waals surface area contributed by atoms with Gasteiger partial charge in [-0.2, -0.15) is 0 Å². The molecule has 1 aromatic heterocycles. The third-order valence-corrected chi connectivity index (χ3v) is 5.78. The lowest BCUT2D eigenvalue weighted by molar-refractivity contribution is 0.00578.